The van der Waals surface area contributed by atoms with Crippen LogP contribution in [-0.4, -0.2) is 54.3 Å². The number of amides is 2. The van der Waals surface area contributed by atoms with Crippen molar-refractivity contribution in [2.24, 2.45) is 0 Å². The molecule has 6 heteroatoms. The molecule has 6 nitrogen and oxygen atoms in total. The van der Waals surface area contributed by atoms with Gasteiger partial charge in [-0.05, 0) is 37.1 Å². The number of furan rings is 1. The number of nitrogens with one attached hydrogen (secondary N) is 1. The van der Waals surface area contributed by atoms with Gasteiger partial charge in [0.2, 0.25) is 5.91 Å². The van der Waals surface area contributed by atoms with E-state index in [4.69, 9.17) is 4.42 Å². The van der Waals surface area contributed by atoms with E-state index in [0.717, 1.165) is 12.1 Å². The maximum Gasteiger partial charge on any atom is 0.289 e. The van der Waals surface area contributed by atoms with Gasteiger partial charge in [0.25, 0.3) is 5.91 Å². The van der Waals surface area contributed by atoms with Gasteiger partial charge in [-0.15, -0.1) is 0 Å². The summed E-state index contributed by atoms with van der Waals surface area (Å²) < 4.78 is 5.24. The first-order valence-corrected chi connectivity index (χ1v) is 8.40. The monoisotopic (exact) mass is 341 g/mol. The van der Waals surface area contributed by atoms with Crippen molar-refractivity contribution in [3.63, 3.8) is 0 Å². The van der Waals surface area contributed by atoms with Crippen LogP contribution in [0.3, 0.4) is 0 Å². The highest BCUT2D eigenvalue weighted by Gasteiger charge is 2.44. The van der Waals surface area contributed by atoms with Gasteiger partial charge < -0.3 is 19.5 Å². The van der Waals surface area contributed by atoms with E-state index in [1.807, 2.05) is 30.3 Å². The molecule has 0 bridgehead atoms. The molecule has 0 radical (unpaired) electrons. The first-order chi connectivity index (χ1) is 12.0. The first kappa shape index (κ1) is 17.1. The van der Waals surface area contributed by atoms with Gasteiger partial charge in [0, 0.05) is 26.3 Å². The van der Waals surface area contributed by atoms with Crippen LogP contribution in [0.4, 0.5) is 5.69 Å². The molecule has 1 aliphatic heterocycles. The van der Waals surface area contributed by atoms with Crippen LogP contribution >= 0.6 is 0 Å². The minimum atomic E-state index is -0.842. The van der Waals surface area contributed by atoms with Gasteiger partial charge in [0.1, 0.15) is 5.54 Å². The van der Waals surface area contributed by atoms with Gasteiger partial charge in [-0.25, -0.2) is 0 Å². The van der Waals surface area contributed by atoms with Crippen molar-refractivity contribution in [1.29, 1.82) is 0 Å². The van der Waals surface area contributed by atoms with Crippen molar-refractivity contribution in [3.05, 3.63) is 54.5 Å². The smallest absolute Gasteiger partial charge is 0.289 e. The van der Waals surface area contributed by atoms with Crippen molar-refractivity contribution in [2.75, 3.05) is 32.5 Å². The zero-order valence-corrected chi connectivity index (χ0v) is 14.6. The quantitative estimate of drug-likeness (QED) is 0.928. The largest absolute Gasteiger partial charge is 0.459 e. The number of nitrogens with zero attached hydrogens (tertiary/aromatic N) is 2. The third-order valence-corrected chi connectivity index (χ3v) is 4.48. The van der Waals surface area contributed by atoms with Crippen molar-refractivity contribution in [1.82, 2.24) is 9.80 Å². The maximum atomic E-state index is 13.0. The molecule has 0 spiro atoms. The van der Waals surface area contributed by atoms with Gasteiger partial charge in [0.05, 0.1) is 12.8 Å². The molecule has 132 valence electrons. The summed E-state index contributed by atoms with van der Waals surface area (Å²) in [5, 5.41) is 3.39. The molecule has 2 amide bonds. The van der Waals surface area contributed by atoms with E-state index in [9.17, 15) is 9.59 Å². The van der Waals surface area contributed by atoms with Crippen molar-refractivity contribution < 1.29 is 14.0 Å². The Morgan fingerprint density at radius 1 is 1.16 bits per heavy atom. The number of carbonyl (C=O) groups excluding carboxylic acids is 2. The van der Waals surface area contributed by atoms with E-state index in [-0.39, 0.29) is 11.8 Å². The van der Waals surface area contributed by atoms with E-state index in [2.05, 4.69) is 5.32 Å². The van der Waals surface area contributed by atoms with E-state index >= 15 is 0 Å². The third kappa shape index (κ3) is 3.52. The van der Waals surface area contributed by atoms with Crippen molar-refractivity contribution in [3.8, 4) is 0 Å². The topological polar surface area (TPSA) is 65.8 Å². The van der Waals surface area contributed by atoms with E-state index in [0.29, 0.717) is 25.3 Å². The molecule has 1 atom stereocenters. The molecular formula is C19H23N3O3. The van der Waals surface area contributed by atoms with Crippen LogP contribution in [0.25, 0.3) is 0 Å². The Bertz CT molecular complexity index is 728. The highest BCUT2D eigenvalue weighted by molar-refractivity contribution is 5.94. The lowest BCUT2D eigenvalue weighted by molar-refractivity contribution is -0.135. The lowest BCUT2D eigenvalue weighted by atomic mass is 9.86. The summed E-state index contributed by atoms with van der Waals surface area (Å²) in [5.41, 5.74) is 0.0238. The second-order valence-corrected chi connectivity index (χ2v) is 6.58. The van der Waals surface area contributed by atoms with Gasteiger partial charge >= 0.3 is 0 Å². The predicted octanol–water partition coefficient (Wildman–Crippen LogP) is 2.45. The number of hydrogen-bond donors (Lipinski definition) is 1. The molecule has 2 heterocycles. The molecule has 3 rings (SSSR count). The molecule has 1 aliphatic rings. The standard InChI is InChI=1S/C19H23N3O3/c1-21(2)18(24)19(20-15-8-4-3-5-9-15)11-7-12-22(14-19)17(23)16-10-6-13-25-16/h3-6,8-10,13,20H,7,11-12,14H2,1-2H3. The van der Waals surface area contributed by atoms with Gasteiger partial charge in [0.15, 0.2) is 5.76 Å². The maximum absolute atomic E-state index is 13.0. The second-order valence-electron chi connectivity index (χ2n) is 6.58. The predicted molar refractivity (Wildman–Crippen MR) is 95.3 cm³/mol. The van der Waals surface area contributed by atoms with Crippen LogP contribution in [-0.2, 0) is 4.79 Å². The Hall–Kier alpha value is -2.76. The molecule has 1 unspecified atom stereocenters. The molecule has 0 aliphatic carbocycles. The molecule has 2 aromatic rings. The SMILES string of the molecule is CN(C)C(=O)C1(Nc2ccccc2)CCCN(C(=O)c2ccco2)C1. The van der Waals surface area contributed by atoms with E-state index < -0.39 is 5.54 Å². The number of benzene rings is 1. The second kappa shape index (κ2) is 7.01. The van der Waals surface area contributed by atoms with Crippen molar-refractivity contribution >= 4 is 17.5 Å². The molecule has 0 saturated carbocycles. The lowest BCUT2D eigenvalue weighted by Gasteiger charge is -2.43. The van der Waals surface area contributed by atoms with Gasteiger partial charge in [-0.2, -0.15) is 0 Å². The fourth-order valence-electron chi connectivity index (χ4n) is 3.34. The van der Waals surface area contributed by atoms with Gasteiger partial charge in [-0.1, -0.05) is 18.2 Å². The minimum Gasteiger partial charge on any atom is -0.459 e. The zero-order valence-electron chi connectivity index (χ0n) is 14.6. The Balaban J connectivity index is 1.88. The highest BCUT2D eigenvalue weighted by atomic mass is 16.3. The van der Waals surface area contributed by atoms with E-state index in [1.54, 1.807) is 36.0 Å². The van der Waals surface area contributed by atoms with Crippen LogP contribution in [0.15, 0.2) is 53.1 Å². The lowest BCUT2D eigenvalue weighted by Crippen LogP contribution is -2.62. The number of hydrogen-bond acceptors (Lipinski definition) is 4. The Morgan fingerprint density at radius 2 is 1.92 bits per heavy atom. The average Bonchev–Trinajstić information content (AvgIpc) is 3.16. The number of rotatable bonds is 4. The van der Waals surface area contributed by atoms with Gasteiger partial charge in [-0.3, -0.25) is 9.59 Å². The molecule has 1 aromatic heterocycles. The molecule has 1 N–H and O–H groups in total. The fraction of sp³-hybridized carbons (Fsp3) is 0.368. The first-order valence-electron chi connectivity index (χ1n) is 8.40. The Labute approximate surface area is 147 Å². The van der Waals surface area contributed by atoms with E-state index in [1.165, 1.54) is 6.26 Å². The van der Waals surface area contributed by atoms with Crippen LogP contribution < -0.4 is 5.32 Å². The third-order valence-electron chi connectivity index (χ3n) is 4.48. The number of carbonyl (C=O) groups is 2. The number of anilines is 1. The van der Waals surface area contributed by atoms with Crippen LogP contribution in [0.1, 0.15) is 23.4 Å². The summed E-state index contributed by atoms with van der Waals surface area (Å²) >= 11 is 0. The minimum absolute atomic E-state index is 0.0340. The summed E-state index contributed by atoms with van der Waals surface area (Å²) in [6.45, 7) is 0.914. The number of para-hydroxylation sites is 1. The summed E-state index contributed by atoms with van der Waals surface area (Å²) in [6, 6.07) is 13.0. The number of piperidine rings is 1. The normalized spacial score (nSPS) is 20.2. The summed E-state index contributed by atoms with van der Waals surface area (Å²) in [6.07, 6.45) is 2.89. The fourth-order valence-corrected chi connectivity index (χ4v) is 3.34. The number of likely N-dealkylation sites (N-methyl/N-ethyl adjacent to an activating group) is 1. The molecular weight excluding hydrogens is 318 g/mol. The Morgan fingerprint density at radius 3 is 2.56 bits per heavy atom. The molecule has 25 heavy (non-hydrogen) atoms. The summed E-state index contributed by atoms with van der Waals surface area (Å²) in [7, 11) is 3.48. The Kier molecular flexibility index (Phi) is 4.79. The van der Waals surface area contributed by atoms with Crippen molar-refractivity contribution in [2.45, 2.75) is 18.4 Å². The molecule has 1 fully saturated rings. The summed E-state index contributed by atoms with van der Waals surface area (Å²) in [4.78, 5) is 28.9. The summed E-state index contributed by atoms with van der Waals surface area (Å²) in [5.74, 6) is 0.0802. The van der Waals surface area contributed by atoms with Crippen LogP contribution in [0, 0.1) is 0 Å². The van der Waals surface area contributed by atoms with Crippen LogP contribution in [0.5, 0.6) is 0 Å². The number of likely N-dealkylation sites (tertiary alicyclic amines) is 1. The molecule has 1 aromatic carbocycles. The van der Waals surface area contributed by atoms with Crippen LogP contribution in [0.2, 0.25) is 0 Å². The average molecular weight is 341 g/mol. The zero-order chi connectivity index (χ0) is 17.9. The highest BCUT2D eigenvalue weighted by Crippen LogP contribution is 2.28. The molecule has 1 saturated heterocycles.